The van der Waals surface area contributed by atoms with Crippen LogP contribution in [0.15, 0.2) is 24.3 Å². The van der Waals surface area contributed by atoms with Crippen LogP contribution < -0.4 is 5.32 Å². The molecule has 1 N–H and O–H groups in total. The van der Waals surface area contributed by atoms with E-state index in [4.69, 9.17) is 0 Å². The SMILES string of the molecule is CNC(C)Cc1ccc(C(C)C)cc1. The highest BCUT2D eigenvalue weighted by atomic mass is 14.8. The van der Waals surface area contributed by atoms with E-state index in [1.54, 1.807) is 0 Å². The smallest absolute Gasteiger partial charge is 0.00761 e. The first kappa shape index (κ1) is 11.3. The van der Waals surface area contributed by atoms with Gasteiger partial charge in [0.2, 0.25) is 0 Å². The van der Waals surface area contributed by atoms with Crippen LogP contribution in [0.5, 0.6) is 0 Å². The number of likely N-dealkylation sites (N-methyl/N-ethyl adjacent to an activating group) is 1. The molecule has 0 aliphatic heterocycles. The van der Waals surface area contributed by atoms with Gasteiger partial charge in [-0.25, -0.2) is 0 Å². The van der Waals surface area contributed by atoms with Crippen LogP contribution in [0.2, 0.25) is 0 Å². The average Bonchev–Trinajstić information content (AvgIpc) is 2.18. The standard InChI is InChI=1S/C13H21N/c1-10(2)13-7-5-12(6-8-13)9-11(3)14-4/h5-8,10-11,14H,9H2,1-4H3. The van der Waals surface area contributed by atoms with Gasteiger partial charge in [0.05, 0.1) is 0 Å². The van der Waals surface area contributed by atoms with E-state index in [0.717, 1.165) is 6.42 Å². The van der Waals surface area contributed by atoms with E-state index in [-0.39, 0.29) is 0 Å². The summed E-state index contributed by atoms with van der Waals surface area (Å²) in [4.78, 5) is 0. The number of rotatable bonds is 4. The summed E-state index contributed by atoms with van der Waals surface area (Å²) in [6.07, 6.45) is 1.11. The Bertz CT molecular complexity index is 261. The van der Waals surface area contributed by atoms with Crippen molar-refractivity contribution in [3.63, 3.8) is 0 Å². The van der Waals surface area contributed by atoms with Crippen LogP contribution in [0.25, 0.3) is 0 Å². The van der Waals surface area contributed by atoms with Gasteiger partial charge in [0.25, 0.3) is 0 Å². The largest absolute Gasteiger partial charge is 0.317 e. The highest BCUT2D eigenvalue weighted by Gasteiger charge is 2.02. The summed E-state index contributed by atoms with van der Waals surface area (Å²) in [6, 6.07) is 9.51. The van der Waals surface area contributed by atoms with Crippen LogP contribution >= 0.6 is 0 Å². The normalized spacial score (nSPS) is 13.2. The Kier molecular flexibility index (Phi) is 4.15. The van der Waals surface area contributed by atoms with Gasteiger partial charge >= 0.3 is 0 Å². The molecule has 0 amide bonds. The van der Waals surface area contributed by atoms with Crippen molar-refractivity contribution in [1.82, 2.24) is 5.32 Å². The number of nitrogens with one attached hydrogen (secondary N) is 1. The Hall–Kier alpha value is -0.820. The quantitative estimate of drug-likeness (QED) is 0.771. The van der Waals surface area contributed by atoms with E-state index in [9.17, 15) is 0 Å². The Morgan fingerprint density at radius 3 is 2.07 bits per heavy atom. The summed E-state index contributed by atoms with van der Waals surface area (Å²) in [5, 5.41) is 3.25. The van der Waals surface area contributed by atoms with Gasteiger partial charge < -0.3 is 5.32 Å². The Labute approximate surface area is 87.5 Å². The lowest BCUT2D eigenvalue weighted by molar-refractivity contribution is 0.608. The summed E-state index contributed by atoms with van der Waals surface area (Å²) in [6.45, 7) is 6.66. The molecule has 0 heterocycles. The molecule has 1 rings (SSSR count). The van der Waals surface area contributed by atoms with E-state index >= 15 is 0 Å². The van der Waals surface area contributed by atoms with Crippen molar-refractivity contribution in [3.05, 3.63) is 35.4 Å². The van der Waals surface area contributed by atoms with E-state index in [1.807, 2.05) is 7.05 Å². The molecular weight excluding hydrogens is 170 g/mol. The minimum atomic E-state index is 0.555. The lowest BCUT2D eigenvalue weighted by atomic mass is 9.99. The molecular formula is C13H21N. The van der Waals surface area contributed by atoms with Crippen molar-refractivity contribution in [1.29, 1.82) is 0 Å². The molecule has 0 spiro atoms. The molecule has 0 aliphatic carbocycles. The van der Waals surface area contributed by atoms with Gasteiger partial charge in [-0.15, -0.1) is 0 Å². The van der Waals surface area contributed by atoms with Gasteiger partial charge in [-0.05, 0) is 37.4 Å². The Balaban J connectivity index is 2.64. The molecule has 14 heavy (non-hydrogen) atoms. The highest BCUT2D eigenvalue weighted by molar-refractivity contribution is 5.25. The Morgan fingerprint density at radius 1 is 1.07 bits per heavy atom. The van der Waals surface area contributed by atoms with E-state index < -0.39 is 0 Å². The summed E-state index contributed by atoms with van der Waals surface area (Å²) in [5.74, 6) is 0.630. The predicted octanol–water partition coefficient (Wildman–Crippen LogP) is 2.96. The molecule has 0 aromatic heterocycles. The van der Waals surface area contributed by atoms with Crippen molar-refractivity contribution >= 4 is 0 Å². The second-order valence-electron chi connectivity index (χ2n) is 4.29. The predicted molar refractivity (Wildman–Crippen MR) is 62.8 cm³/mol. The second-order valence-corrected chi connectivity index (χ2v) is 4.29. The van der Waals surface area contributed by atoms with Crippen LogP contribution in [0.3, 0.4) is 0 Å². The van der Waals surface area contributed by atoms with Crippen LogP contribution in [0.1, 0.15) is 37.8 Å². The molecule has 0 radical (unpaired) electrons. The zero-order chi connectivity index (χ0) is 10.6. The molecule has 0 saturated carbocycles. The van der Waals surface area contributed by atoms with Gasteiger partial charge in [0.1, 0.15) is 0 Å². The summed E-state index contributed by atoms with van der Waals surface area (Å²) >= 11 is 0. The molecule has 78 valence electrons. The molecule has 1 atom stereocenters. The zero-order valence-corrected chi connectivity index (χ0v) is 9.67. The van der Waals surface area contributed by atoms with Crippen molar-refractivity contribution in [2.24, 2.45) is 0 Å². The third-order valence-corrected chi connectivity index (χ3v) is 2.68. The fourth-order valence-electron chi connectivity index (χ4n) is 1.49. The molecule has 1 nitrogen and oxygen atoms in total. The maximum Gasteiger partial charge on any atom is 0.00761 e. The first-order valence-electron chi connectivity index (χ1n) is 5.39. The van der Waals surface area contributed by atoms with E-state index in [2.05, 4.69) is 50.4 Å². The minimum absolute atomic E-state index is 0.555. The monoisotopic (exact) mass is 191 g/mol. The van der Waals surface area contributed by atoms with Crippen molar-refractivity contribution in [2.45, 2.75) is 39.2 Å². The summed E-state index contributed by atoms with van der Waals surface area (Å²) < 4.78 is 0. The van der Waals surface area contributed by atoms with E-state index in [1.165, 1.54) is 11.1 Å². The summed E-state index contributed by atoms with van der Waals surface area (Å²) in [7, 11) is 2.01. The molecule has 1 unspecified atom stereocenters. The summed E-state index contributed by atoms with van der Waals surface area (Å²) in [5.41, 5.74) is 2.84. The third-order valence-electron chi connectivity index (χ3n) is 2.68. The van der Waals surface area contributed by atoms with Crippen LogP contribution in [0.4, 0.5) is 0 Å². The van der Waals surface area contributed by atoms with Gasteiger partial charge in [-0.2, -0.15) is 0 Å². The molecule has 0 fully saturated rings. The van der Waals surface area contributed by atoms with Gasteiger partial charge in [-0.3, -0.25) is 0 Å². The second kappa shape index (κ2) is 5.16. The number of benzene rings is 1. The maximum absolute atomic E-state index is 3.25. The molecule has 0 bridgehead atoms. The van der Waals surface area contributed by atoms with Crippen molar-refractivity contribution in [2.75, 3.05) is 7.05 Å². The first-order chi connectivity index (χ1) is 6.63. The fraction of sp³-hybridized carbons (Fsp3) is 0.538. The highest BCUT2D eigenvalue weighted by Crippen LogP contribution is 2.15. The lowest BCUT2D eigenvalue weighted by Gasteiger charge is -2.11. The number of hydrogen-bond acceptors (Lipinski definition) is 1. The van der Waals surface area contributed by atoms with Gasteiger partial charge in [0, 0.05) is 6.04 Å². The lowest BCUT2D eigenvalue weighted by Crippen LogP contribution is -2.23. The van der Waals surface area contributed by atoms with Crippen molar-refractivity contribution in [3.8, 4) is 0 Å². The maximum atomic E-state index is 3.25. The molecule has 1 aromatic rings. The number of hydrogen-bond donors (Lipinski definition) is 1. The molecule has 1 heteroatoms. The molecule has 1 aromatic carbocycles. The zero-order valence-electron chi connectivity index (χ0n) is 9.67. The average molecular weight is 191 g/mol. The topological polar surface area (TPSA) is 12.0 Å². The fourth-order valence-corrected chi connectivity index (χ4v) is 1.49. The molecule has 0 aliphatic rings. The van der Waals surface area contributed by atoms with Gasteiger partial charge in [0.15, 0.2) is 0 Å². The van der Waals surface area contributed by atoms with Crippen LogP contribution in [-0.4, -0.2) is 13.1 Å². The van der Waals surface area contributed by atoms with E-state index in [0.29, 0.717) is 12.0 Å². The Morgan fingerprint density at radius 2 is 1.64 bits per heavy atom. The molecule has 0 saturated heterocycles. The van der Waals surface area contributed by atoms with Crippen molar-refractivity contribution < 1.29 is 0 Å². The third kappa shape index (κ3) is 3.15. The first-order valence-corrected chi connectivity index (χ1v) is 5.39. The van der Waals surface area contributed by atoms with Crippen LogP contribution in [0, 0.1) is 0 Å². The minimum Gasteiger partial charge on any atom is -0.317 e. The van der Waals surface area contributed by atoms with Crippen LogP contribution in [-0.2, 0) is 6.42 Å². The van der Waals surface area contributed by atoms with Gasteiger partial charge in [-0.1, -0.05) is 38.1 Å².